The van der Waals surface area contributed by atoms with E-state index in [9.17, 15) is 0 Å². The lowest BCUT2D eigenvalue weighted by atomic mass is 10.1. The predicted octanol–water partition coefficient (Wildman–Crippen LogP) is 1.61. The van der Waals surface area contributed by atoms with Crippen molar-refractivity contribution in [1.82, 2.24) is 25.1 Å². The van der Waals surface area contributed by atoms with E-state index in [0.29, 0.717) is 0 Å². The van der Waals surface area contributed by atoms with Gasteiger partial charge in [0.25, 0.3) is 0 Å². The highest BCUT2D eigenvalue weighted by Crippen LogP contribution is 2.21. The molecule has 0 saturated heterocycles. The highest BCUT2D eigenvalue weighted by molar-refractivity contribution is 5.25. The van der Waals surface area contributed by atoms with E-state index in [0.717, 1.165) is 29.9 Å². The summed E-state index contributed by atoms with van der Waals surface area (Å²) in [4.78, 5) is 8.19. The summed E-state index contributed by atoms with van der Waals surface area (Å²) in [6, 6.07) is 2.19. The van der Waals surface area contributed by atoms with Crippen LogP contribution in [-0.4, -0.2) is 26.3 Å². The molecule has 1 atom stereocenters. The maximum Gasteiger partial charge on any atom is 0.115 e. The van der Waals surface area contributed by atoms with Gasteiger partial charge in [-0.05, 0) is 26.0 Å². The van der Waals surface area contributed by atoms with Crippen molar-refractivity contribution in [3.8, 4) is 0 Å². The normalized spacial score (nSPS) is 12.6. The minimum Gasteiger partial charge on any atom is -0.305 e. The zero-order valence-corrected chi connectivity index (χ0v) is 11.1. The molecule has 0 spiro atoms. The van der Waals surface area contributed by atoms with E-state index in [2.05, 4.69) is 33.4 Å². The van der Waals surface area contributed by atoms with E-state index in [1.165, 1.54) is 0 Å². The first-order chi connectivity index (χ1) is 8.72. The number of aromatic nitrogens is 4. The van der Waals surface area contributed by atoms with E-state index < -0.39 is 0 Å². The molecule has 0 radical (unpaired) electrons. The lowest BCUT2D eigenvalue weighted by molar-refractivity contribution is 0.550. The Labute approximate surface area is 107 Å². The molecule has 0 aliphatic rings. The van der Waals surface area contributed by atoms with Gasteiger partial charge in [0, 0.05) is 25.0 Å². The summed E-state index contributed by atoms with van der Waals surface area (Å²) in [5.74, 6) is 0. The minimum absolute atomic E-state index is 0.0948. The fraction of sp³-hybridized carbons (Fsp3) is 0.462. The Balaban J connectivity index is 2.34. The van der Waals surface area contributed by atoms with Gasteiger partial charge in [-0.2, -0.15) is 5.10 Å². The zero-order chi connectivity index (χ0) is 13.0. The molecule has 2 heterocycles. The van der Waals surface area contributed by atoms with Gasteiger partial charge in [0.15, 0.2) is 0 Å². The highest BCUT2D eigenvalue weighted by atomic mass is 15.3. The van der Waals surface area contributed by atoms with E-state index in [1.54, 1.807) is 6.33 Å². The first kappa shape index (κ1) is 12.7. The van der Waals surface area contributed by atoms with Crippen LogP contribution in [0.25, 0.3) is 0 Å². The molecule has 5 heteroatoms. The van der Waals surface area contributed by atoms with Gasteiger partial charge in [0.05, 0.1) is 17.4 Å². The van der Waals surface area contributed by atoms with Crippen molar-refractivity contribution in [2.24, 2.45) is 7.05 Å². The average molecular weight is 245 g/mol. The van der Waals surface area contributed by atoms with Gasteiger partial charge < -0.3 is 5.32 Å². The van der Waals surface area contributed by atoms with Crippen LogP contribution in [0.5, 0.6) is 0 Å². The van der Waals surface area contributed by atoms with E-state index in [4.69, 9.17) is 0 Å². The number of nitrogens with one attached hydrogen (secondary N) is 1. The highest BCUT2D eigenvalue weighted by Gasteiger charge is 2.17. The lowest BCUT2D eigenvalue weighted by Gasteiger charge is -2.18. The van der Waals surface area contributed by atoms with Crippen molar-refractivity contribution in [2.75, 3.05) is 6.54 Å². The topological polar surface area (TPSA) is 55.6 Å². The van der Waals surface area contributed by atoms with Crippen molar-refractivity contribution < 1.29 is 0 Å². The van der Waals surface area contributed by atoms with E-state index in [-0.39, 0.29) is 6.04 Å². The third-order valence-corrected chi connectivity index (χ3v) is 2.85. The summed E-state index contributed by atoms with van der Waals surface area (Å²) in [5, 5.41) is 7.92. The van der Waals surface area contributed by atoms with Crippen molar-refractivity contribution >= 4 is 0 Å². The molecule has 0 bridgehead atoms. The molecule has 0 aliphatic carbocycles. The minimum atomic E-state index is 0.0948. The summed E-state index contributed by atoms with van der Waals surface area (Å²) in [6.07, 6.45) is 6.33. The van der Waals surface area contributed by atoms with Crippen LogP contribution in [0.4, 0.5) is 0 Å². The lowest BCUT2D eigenvalue weighted by Crippen LogP contribution is -2.25. The number of hydrogen-bond acceptors (Lipinski definition) is 4. The molecular formula is C13H19N5. The molecule has 5 nitrogen and oxygen atoms in total. The van der Waals surface area contributed by atoms with Gasteiger partial charge in [0.2, 0.25) is 0 Å². The summed E-state index contributed by atoms with van der Waals surface area (Å²) >= 11 is 0. The van der Waals surface area contributed by atoms with Crippen molar-refractivity contribution in [3.05, 3.63) is 41.7 Å². The van der Waals surface area contributed by atoms with Crippen molar-refractivity contribution in [2.45, 2.75) is 26.3 Å². The fourth-order valence-corrected chi connectivity index (χ4v) is 2.04. The molecule has 0 aromatic carbocycles. The smallest absolute Gasteiger partial charge is 0.115 e. The Morgan fingerprint density at radius 2 is 2.06 bits per heavy atom. The van der Waals surface area contributed by atoms with Crippen LogP contribution in [-0.2, 0) is 7.05 Å². The predicted molar refractivity (Wildman–Crippen MR) is 70.1 cm³/mol. The van der Waals surface area contributed by atoms with Crippen LogP contribution in [0.2, 0.25) is 0 Å². The molecule has 2 rings (SSSR count). The summed E-state index contributed by atoms with van der Waals surface area (Å²) in [6.45, 7) is 5.10. The molecule has 2 aromatic heterocycles. The van der Waals surface area contributed by atoms with Crippen molar-refractivity contribution in [1.29, 1.82) is 0 Å². The van der Waals surface area contributed by atoms with Gasteiger partial charge in [0.1, 0.15) is 6.33 Å². The Morgan fingerprint density at radius 1 is 1.33 bits per heavy atom. The number of hydrogen-bond donors (Lipinski definition) is 1. The van der Waals surface area contributed by atoms with Crippen LogP contribution in [0.1, 0.15) is 36.3 Å². The van der Waals surface area contributed by atoms with Crippen molar-refractivity contribution in [3.63, 3.8) is 0 Å². The Hall–Kier alpha value is -1.75. The Kier molecular flexibility index (Phi) is 4.04. The van der Waals surface area contributed by atoms with E-state index in [1.807, 2.05) is 31.0 Å². The summed E-state index contributed by atoms with van der Waals surface area (Å²) < 4.78 is 1.91. The largest absolute Gasteiger partial charge is 0.305 e. The van der Waals surface area contributed by atoms with Crippen LogP contribution in [0, 0.1) is 6.92 Å². The molecular weight excluding hydrogens is 226 g/mol. The Morgan fingerprint density at radius 3 is 2.61 bits per heavy atom. The maximum absolute atomic E-state index is 4.40. The quantitative estimate of drug-likeness (QED) is 0.869. The summed E-state index contributed by atoms with van der Waals surface area (Å²) in [5.41, 5.74) is 3.22. The third kappa shape index (κ3) is 2.73. The number of nitrogens with zero attached hydrogens (tertiary/aromatic N) is 4. The molecule has 1 N–H and O–H groups in total. The van der Waals surface area contributed by atoms with Gasteiger partial charge in [-0.3, -0.25) is 4.68 Å². The summed E-state index contributed by atoms with van der Waals surface area (Å²) in [7, 11) is 1.97. The molecule has 18 heavy (non-hydrogen) atoms. The van der Waals surface area contributed by atoms with Crippen LogP contribution >= 0.6 is 0 Å². The van der Waals surface area contributed by atoms with Gasteiger partial charge in [-0.15, -0.1) is 0 Å². The molecule has 0 amide bonds. The number of aryl methyl sites for hydroxylation is 2. The van der Waals surface area contributed by atoms with Gasteiger partial charge in [-0.25, -0.2) is 9.97 Å². The third-order valence-electron chi connectivity index (χ3n) is 2.85. The van der Waals surface area contributed by atoms with Gasteiger partial charge in [-0.1, -0.05) is 6.92 Å². The fourth-order valence-electron chi connectivity index (χ4n) is 2.04. The molecule has 0 fully saturated rings. The van der Waals surface area contributed by atoms with Crippen LogP contribution in [0.3, 0.4) is 0 Å². The number of rotatable bonds is 5. The second-order valence-electron chi connectivity index (χ2n) is 4.39. The molecule has 1 unspecified atom stereocenters. The Bertz CT molecular complexity index is 491. The van der Waals surface area contributed by atoms with Gasteiger partial charge >= 0.3 is 0 Å². The first-order valence-electron chi connectivity index (χ1n) is 6.21. The molecule has 0 aliphatic heterocycles. The molecule has 2 aromatic rings. The second kappa shape index (κ2) is 5.73. The second-order valence-corrected chi connectivity index (χ2v) is 4.39. The maximum atomic E-state index is 4.40. The molecule has 0 saturated carbocycles. The average Bonchev–Trinajstić information content (AvgIpc) is 2.70. The van der Waals surface area contributed by atoms with Crippen LogP contribution < -0.4 is 5.32 Å². The standard InChI is InChI=1S/C13H19N5/c1-4-5-16-13(11-7-14-9-15-8-11)12-6-10(2)17-18(12)3/h6-9,13,16H,4-5H2,1-3H3. The SMILES string of the molecule is CCCNC(c1cncnc1)c1cc(C)nn1C. The monoisotopic (exact) mass is 245 g/mol. The first-order valence-corrected chi connectivity index (χ1v) is 6.21. The van der Waals surface area contributed by atoms with E-state index >= 15 is 0 Å². The zero-order valence-electron chi connectivity index (χ0n) is 11.1. The molecule has 96 valence electrons. The van der Waals surface area contributed by atoms with Crippen LogP contribution in [0.15, 0.2) is 24.8 Å².